The zero-order chi connectivity index (χ0) is 8.41. The molecule has 4 heteroatoms. The Balaban J connectivity index is 0. The molecule has 62 valence electrons. The van der Waals surface area contributed by atoms with Crippen molar-refractivity contribution in [3.05, 3.63) is 0 Å². The van der Waals surface area contributed by atoms with E-state index in [2.05, 4.69) is 5.32 Å². The number of nitrogens with one attached hydrogen (secondary N) is 1. The van der Waals surface area contributed by atoms with Gasteiger partial charge in [0.15, 0.2) is 0 Å². The van der Waals surface area contributed by atoms with Gasteiger partial charge in [0.1, 0.15) is 0 Å². The number of hydrogen-bond donors (Lipinski definition) is 3. The van der Waals surface area contributed by atoms with Gasteiger partial charge in [-0.1, -0.05) is 6.92 Å². The highest BCUT2D eigenvalue weighted by Crippen LogP contribution is 1.51. The summed E-state index contributed by atoms with van der Waals surface area (Å²) < 4.78 is 0. The van der Waals surface area contributed by atoms with Crippen LogP contribution in [0.5, 0.6) is 0 Å². The van der Waals surface area contributed by atoms with Gasteiger partial charge in [0, 0.05) is 13.5 Å². The lowest BCUT2D eigenvalue weighted by atomic mass is 10.6. The van der Waals surface area contributed by atoms with Crippen LogP contribution in [-0.2, 0) is 4.79 Å². The van der Waals surface area contributed by atoms with Crippen LogP contribution in [0, 0.1) is 0 Å². The van der Waals surface area contributed by atoms with Crippen LogP contribution in [-0.4, -0.2) is 35.9 Å². The maximum atomic E-state index is 9.00. The molecular weight excluding hydrogens is 134 g/mol. The van der Waals surface area contributed by atoms with E-state index in [9.17, 15) is 0 Å². The van der Waals surface area contributed by atoms with E-state index >= 15 is 0 Å². The quantitative estimate of drug-likeness (QED) is 0.481. The van der Waals surface area contributed by atoms with E-state index in [1.807, 2.05) is 6.92 Å². The molecular formula is C6H15NO3. The van der Waals surface area contributed by atoms with Crippen molar-refractivity contribution in [1.82, 2.24) is 5.32 Å². The maximum absolute atomic E-state index is 9.00. The van der Waals surface area contributed by atoms with Crippen LogP contribution in [0.4, 0.5) is 0 Å². The number of likely N-dealkylation sites (N-methyl/N-ethyl adjacent to an activating group) is 1. The second-order valence-corrected chi connectivity index (χ2v) is 1.60. The van der Waals surface area contributed by atoms with Crippen molar-refractivity contribution < 1.29 is 15.0 Å². The van der Waals surface area contributed by atoms with E-state index in [0.717, 1.165) is 20.0 Å². The number of rotatable bonds is 3. The third-order valence-electron chi connectivity index (χ3n) is 0.539. The molecule has 0 unspecified atom stereocenters. The van der Waals surface area contributed by atoms with Crippen molar-refractivity contribution in [2.24, 2.45) is 0 Å². The maximum Gasteiger partial charge on any atom is 0.300 e. The summed E-state index contributed by atoms with van der Waals surface area (Å²) in [4.78, 5) is 9.00. The van der Waals surface area contributed by atoms with E-state index in [0.29, 0.717) is 0 Å². The summed E-state index contributed by atoms with van der Waals surface area (Å²) in [7, 11) is 0. The van der Waals surface area contributed by atoms with E-state index < -0.39 is 5.97 Å². The summed E-state index contributed by atoms with van der Waals surface area (Å²) in [5, 5.41) is 18.5. The average molecular weight is 149 g/mol. The van der Waals surface area contributed by atoms with E-state index in [4.69, 9.17) is 15.0 Å². The molecule has 0 heterocycles. The fourth-order valence-electron chi connectivity index (χ4n) is 0.256. The van der Waals surface area contributed by atoms with E-state index in [-0.39, 0.29) is 6.61 Å². The lowest BCUT2D eigenvalue weighted by Crippen LogP contribution is -2.16. The second-order valence-electron chi connectivity index (χ2n) is 1.60. The predicted octanol–water partition coefficient (Wildman–Crippen LogP) is -0.321. The summed E-state index contributed by atoms with van der Waals surface area (Å²) in [6.45, 7) is 5.00. The number of aliphatic hydroxyl groups is 1. The minimum absolute atomic E-state index is 0.244. The molecule has 0 aromatic carbocycles. The van der Waals surface area contributed by atoms with E-state index in [1.165, 1.54) is 0 Å². The second kappa shape index (κ2) is 11.2. The van der Waals surface area contributed by atoms with Gasteiger partial charge in [0.05, 0.1) is 6.61 Å². The smallest absolute Gasteiger partial charge is 0.300 e. The molecule has 0 rings (SSSR count). The molecule has 0 aliphatic rings. The number of hydrogen-bond acceptors (Lipinski definition) is 3. The highest BCUT2D eigenvalue weighted by Gasteiger charge is 1.72. The summed E-state index contributed by atoms with van der Waals surface area (Å²) in [5.74, 6) is -0.833. The average Bonchev–Trinajstić information content (AvgIpc) is 1.82. The first-order valence-corrected chi connectivity index (χ1v) is 3.16. The van der Waals surface area contributed by atoms with Gasteiger partial charge in [-0.05, 0) is 6.54 Å². The van der Waals surface area contributed by atoms with Crippen LogP contribution in [0.1, 0.15) is 13.8 Å². The van der Waals surface area contributed by atoms with Gasteiger partial charge in [0.2, 0.25) is 0 Å². The van der Waals surface area contributed by atoms with Crippen LogP contribution >= 0.6 is 0 Å². The van der Waals surface area contributed by atoms with Crippen molar-refractivity contribution in [3.8, 4) is 0 Å². The molecule has 0 aromatic rings. The predicted molar refractivity (Wildman–Crippen MR) is 38.9 cm³/mol. The van der Waals surface area contributed by atoms with Gasteiger partial charge in [-0.15, -0.1) is 0 Å². The van der Waals surface area contributed by atoms with Crippen molar-refractivity contribution >= 4 is 5.97 Å². The van der Waals surface area contributed by atoms with Crippen LogP contribution in [0.25, 0.3) is 0 Å². The Kier molecular flexibility index (Phi) is 13.6. The Bertz CT molecular complexity index is 67.4. The molecule has 0 spiro atoms. The van der Waals surface area contributed by atoms with Gasteiger partial charge in [0.25, 0.3) is 5.97 Å². The highest BCUT2D eigenvalue weighted by molar-refractivity contribution is 5.62. The monoisotopic (exact) mass is 149 g/mol. The first-order chi connectivity index (χ1) is 4.65. The topological polar surface area (TPSA) is 69.6 Å². The van der Waals surface area contributed by atoms with Crippen molar-refractivity contribution in [2.75, 3.05) is 19.7 Å². The van der Waals surface area contributed by atoms with Crippen molar-refractivity contribution in [2.45, 2.75) is 13.8 Å². The normalized spacial score (nSPS) is 7.90. The summed E-state index contributed by atoms with van der Waals surface area (Å²) >= 11 is 0. The minimum atomic E-state index is -0.833. The highest BCUT2D eigenvalue weighted by atomic mass is 16.4. The number of aliphatic hydroxyl groups excluding tert-OH is 1. The fraction of sp³-hybridized carbons (Fsp3) is 0.833. The number of carboxylic acids is 1. The summed E-state index contributed by atoms with van der Waals surface area (Å²) in [6.07, 6.45) is 0. The summed E-state index contributed by atoms with van der Waals surface area (Å²) in [6, 6.07) is 0. The van der Waals surface area contributed by atoms with E-state index in [1.54, 1.807) is 0 Å². The Morgan fingerprint density at radius 2 is 2.00 bits per heavy atom. The summed E-state index contributed by atoms with van der Waals surface area (Å²) in [5.41, 5.74) is 0. The number of carboxylic acid groups (broad SMARTS) is 1. The SMILES string of the molecule is CC(=O)O.CCNCCO. The molecule has 0 amide bonds. The molecule has 0 bridgehead atoms. The van der Waals surface area contributed by atoms with Gasteiger partial charge >= 0.3 is 0 Å². The van der Waals surface area contributed by atoms with Gasteiger partial charge in [-0.25, -0.2) is 0 Å². The fourth-order valence-corrected chi connectivity index (χ4v) is 0.256. The molecule has 0 saturated carbocycles. The van der Waals surface area contributed by atoms with Crippen LogP contribution in [0.3, 0.4) is 0 Å². The lowest BCUT2D eigenvalue weighted by Gasteiger charge is -1.91. The van der Waals surface area contributed by atoms with Crippen LogP contribution in [0.2, 0.25) is 0 Å². The molecule has 0 atom stereocenters. The van der Waals surface area contributed by atoms with Crippen LogP contribution in [0.15, 0.2) is 0 Å². The molecule has 0 aromatic heterocycles. The standard InChI is InChI=1S/C4H11NO.C2H4O2/c1-2-5-3-4-6;1-2(3)4/h5-6H,2-4H2,1H3;1H3,(H,3,4). The largest absolute Gasteiger partial charge is 0.481 e. The molecule has 4 nitrogen and oxygen atoms in total. The minimum Gasteiger partial charge on any atom is -0.481 e. The first-order valence-electron chi connectivity index (χ1n) is 3.16. The molecule has 10 heavy (non-hydrogen) atoms. The Labute approximate surface area is 60.9 Å². The van der Waals surface area contributed by atoms with Gasteiger partial charge in [-0.3, -0.25) is 4.79 Å². The lowest BCUT2D eigenvalue weighted by molar-refractivity contribution is -0.134. The Hall–Kier alpha value is -0.610. The molecule has 3 N–H and O–H groups in total. The number of aliphatic carboxylic acids is 1. The zero-order valence-electron chi connectivity index (χ0n) is 6.42. The van der Waals surface area contributed by atoms with Gasteiger partial charge in [-0.2, -0.15) is 0 Å². The Morgan fingerprint density at radius 1 is 1.60 bits per heavy atom. The van der Waals surface area contributed by atoms with Gasteiger partial charge < -0.3 is 15.5 Å². The third-order valence-corrected chi connectivity index (χ3v) is 0.539. The third kappa shape index (κ3) is 52.8. The Morgan fingerprint density at radius 3 is 2.10 bits per heavy atom. The zero-order valence-corrected chi connectivity index (χ0v) is 6.42. The molecule has 0 aliphatic carbocycles. The van der Waals surface area contributed by atoms with Crippen molar-refractivity contribution in [3.63, 3.8) is 0 Å². The molecule has 0 saturated heterocycles. The van der Waals surface area contributed by atoms with Crippen molar-refractivity contribution in [1.29, 1.82) is 0 Å². The molecule has 0 radical (unpaired) electrons. The number of carbonyl (C=O) groups is 1. The first kappa shape index (κ1) is 12.1. The van der Waals surface area contributed by atoms with Crippen LogP contribution < -0.4 is 5.32 Å². The molecule has 0 aliphatic heterocycles. The molecule has 0 fully saturated rings.